The van der Waals surface area contributed by atoms with Gasteiger partial charge in [-0.2, -0.15) is 0 Å². The van der Waals surface area contributed by atoms with Crippen LogP contribution in [0.1, 0.15) is 51.3 Å². The highest BCUT2D eigenvalue weighted by Gasteiger charge is 2.43. The fourth-order valence-electron chi connectivity index (χ4n) is 4.29. The van der Waals surface area contributed by atoms with Gasteiger partial charge in [-0.15, -0.1) is 11.3 Å². The lowest BCUT2D eigenvalue weighted by atomic mass is 9.87. The first-order chi connectivity index (χ1) is 10.1. The molecule has 2 fully saturated rings. The molecule has 0 aromatic carbocycles. The first-order valence-corrected chi connectivity index (χ1v) is 9.51. The molecule has 21 heavy (non-hydrogen) atoms. The number of nitrogens with one attached hydrogen (secondary N) is 1. The molecule has 3 heteroatoms. The third kappa shape index (κ3) is 3.35. The Bertz CT molecular complexity index is 434. The second-order valence-electron chi connectivity index (χ2n) is 7.48. The summed E-state index contributed by atoms with van der Waals surface area (Å²) in [5.41, 5.74) is 0.426. The Labute approximate surface area is 133 Å². The summed E-state index contributed by atoms with van der Waals surface area (Å²) in [5, 5.41) is 6.14. The van der Waals surface area contributed by atoms with E-state index in [1.54, 1.807) is 0 Å². The SMILES string of the molecule is CC(C)C1CNC2(CCCC2)CN1C(C)Cc1cccs1. The Balaban J connectivity index is 1.73. The van der Waals surface area contributed by atoms with E-state index in [9.17, 15) is 0 Å². The monoisotopic (exact) mass is 306 g/mol. The predicted molar refractivity (Wildman–Crippen MR) is 92.0 cm³/mol. The van der Waals surface area contributed by atoms with Crippen LogP contribution in [0.15, 0.2) is 17.5 Å². The summed E-state index contributed by atoms with van der Waals surface area (Å²) in [6, 6.07) is 5.81. The van der Waals surface area contributed by atoms with Crippen LogP contribution in [-0.4, -0.2) is 35.6 Å². The molecule has 1 saturated heterocycles. The van der Waals surface area contributed by atoms with Gasteiger partial charge >= 0.3 is 0 Å². The maximum absolute atomic E-state index is 3.93. The molecule has 1 aromatic rings. The standard InChI is InChI=1S/C18H30N2S/c1-14(2)17-12-19-18(8-4-5-9-18)13-20(17)15(3)11-16-7-6-10-21-16/h6-7,10,14-15,17,19H,4-5,8-9,11-13H2,1-3H3. The third-order valence-corrected chi connectivity index (χ3v) is 6.47. The van der Waals surface area contributed by atoms with Crippen molar-refractivity contribution in [3.05, 3.63) is 22.4 Å². The minimum atomic E-state index is 0.426. The van der Waals surface area contributed by atoms with Gasteiger partial charge < -0.3 is 5.32 Å². The second-order valence-corrected chi connectivity index (χ2v) is 8.52. The highest BCUT2D eigenvalue weighted by Crippen LogP contribution is 2.35. The first kappa shape index (κ1) is 15.5. The number of piperazine rings is 1. The average Bonchev–Trinajstić information content (AvgIpc) is 3.11. The lowest BCUT2D eigenvalue weighted by Gasteiger charge is -2.50. The van der Waals surface area contributed by atoms with E-state index in [1.807, 2.05) is 11.3 Å². The molecule has 2 unspecified atom stereocenters. The largest absolute Gasteiger partial charge is 0.308 e. The highest BCUT2D eigenvalue weighted by molar-refractivity contribution is 7.09. The van der Waals surface area contributed by atoms with Crippen LogP contribution in [0.4, 0.5) is 0 Å². The Hall–Kier alpha value is -0.380. The van der Waals surface area contributed by atoms with Gasteiger partial charge in [-0.3, -0.25) is 4.90 Å². The van der Waals surface area contributed by atoms with Gasteiger partial charge in [0.15, 0.2) is 0 Å². The summed E-state index contributed by atoms with van der Waals surface area (Å²) < 4.78 is 0. The van der Waals surface area contributed by atoms with Crippen LogP contribution in [0.3, 0.4) is 0 Å². The van der Waals surface area contributed by atoms with Gasteiger partial charge in [-0.25, -0.2) is 0 Å². The van der Waals surface area contributed by atoms with E-state index in [1.165, 1.54) is 50.1 Å². The molecule has 1 saturated carbocycles. The topological polar surface area (TPSA) is 15.3 Å². The van der Waals surface area contributed by atoms with Crippen LogP contribution in [0.2, 0.25) is 0 Å². The molecule has 0 radical (unpaired) electrons. The Morgan fingerprint density at radius 2 is 2.10 bits per heavy atom. The Morgan fingerprint density at radius 1 is 1.33 bits per heavy atom. The molecule has 1 aliphatic carbocycles. The third-order valence-electron chi connectivity index (χ3n) is 5.57. The van der Waals surface area contributed by atoms with Crippen molar-refractivity contribution in [1.29, 1.82) is 0 Å². The van der Waals surface area contributed by atoms with E-state index in [2.05, 4.69) is 48.5 Å². The summed E-state index contributed by atoms with van der Waals surface area (Å²) in [4.78, 5) is 4.36. The Kier molecular flexibility index (Phi) is 4.72. The average molecular weight is 307 g/mol. The summed E-state index contributed by atoms with van der Waals surface area (Å²) in [7, 11) is 0. The molecule has 1 N–H and O–H groups in total. The summed E-state index contributed by atoms with van der Waals surface area (Å²) in [6.07, 6.45) is 6.77. The molecule has 1 spiro atoms. The van der Waals surface area contributed by atoms with Crippen LogP contribution < -0.4 is 5.32 Å². The van der Waals surface area contributed by atoms with Gasteiger partial charge in [0.2, 0.25) is 0 Å². The van der Waals surface area contributed by atoms with Crippen molar-refractivity contribution in [3.63, 3.8) is 0 Å². The smallest absolute Gasteiger partial charge is 0.0309 e. The molecule has 2 atom stereocenters. The minimum absolute atomic E-state index is 0.426. The first-order valence-electron chi connectivity index (χ1n) is 8.63. The van der Waals surface area contributed by atoms with E-state index in [0.29, 0.717) is 17.6 Å². The van der Waals surface area contributed by atoms with Crippen molar-refractivity contribution in [1.82, 2.24) is 10.2 Å². The molecule has 1 aliphatic heterocycles. The van der Waals surface area contributed by atoms with Gasteiger partial charge in [-0.1, -0.05) is 32.8 Å². The zero-order valence-corrected chi connectivity index (χ0v) is 14.6. The zero-order chi connectivity index (χ0) is 14.9. The van der Waals surface area contributed by atoms with E-state index in [0.717, 1.165) is 5.92 Å². The van der Waals surface area contributed by atoms with Crippen molar-refractivity contribution in [2.45, 2.75) is 70.5 Å². The molecule has 118 valence electrons. The van der Waals surface area contributed by atoms with Gasteiger partial charge in [-0.05, 0) is 43.6 Å². The molecule has 2 nitrogen and oxygen atoms in total. The van der Waals surface area contributed by atoms with Crippen LogP contribution in [-0.2, 0) is 6.42 Å². The van der Waals surface area contributed by atoms with Crippen LogP contribution >= 0.6 is 11.3 Å². The maximum Gasteiger partial charge on any atom is 0.0309 e. The summed E-state index contributed by atoms with van der Waals surface area (Å²) in [6.45, 7) is 9.62. The van der Waals surface area contributed by atoms with E-state index in [4.69, 9.17) is 0 Å². The number of hydrogen-bond acceptors (Lipinski definition) is 3. The molecular formula is C18H30N2S. The molecule has 0 bridgehead atoms. The van der Waals surface area contributed by atoms with E-state index >= 15 is 0 Å². The summed E-state index contributed by atoms with van der Waals surface area (Å²) >= 11 is 1.91. The van der Waals surface area contributed by atoms with Crippen molar-refractivity contribution in [3.8, 4) is 0 Å². The van der Waals surface area contributed by atoms with Crippen LogP contribution in [0.25, 0.3) is 0 Å². The molecule has 2 heterocycles. The van der Waals surface area contributed by atoms with Crippen molar-refractivity contribution >= 4 is 11.3 Å². The van der Waals surface area contributed by atoms with Crippen LogP contribution in [0.5, 0.6) is 0 Å². The van der Waals surface area contributed by atoms with Crippen LogP contribution in [0, 0.1) is 5.92 Å². The van der Waals surface area contributed by atoms with Crippen molar-refractivity contribution in [2.75, 3.05) is 13.1 Å². The maximum atomic E-state index is 3.93. The molecule has 1 aromatic heterocycles. The summed E-state index contributed by atoms with van der Waals surface area (Å²) in [5.74, 6) is 0.724. The normalized spacial score (nSPS) is 27.5. The van der Waals surface area contributed by atoms with Crippen molar-refractivity contribution in [2.24, 2.45) is 5.92 Å². The van der Waals surface area contributed by atoms with Gasteiger partial charge in [0, 0.05) is 35.6 Å². The van der Waals surface area contributed by atoms with Crippen molar-refractivity contribution < 1.29 is 0 Å². The highest BCUT2D eigenvalue weighted by atomic mass is 32.1. The number of hydrogen-bond donors (Lipinski definition) is 1. The second kappa shape index (κ2) is 6.39. The van der Waals surface area contributed by atoms with E-state index < -0.39 is 0 Å². The van der Waals surface area contributed by atoms with E-state index in [-0.39, 0.29) is 0 Å². The number of thiophene rings is 1. The lowest BCUT2D eigenvalue weighted by Crippen LogP contribution is -2.66. The number of rotatable bonds is 4. The predicted octanol–water partition coefficient (Wildman–Crippen LogP) is 3.92. The quantitative estimate of drug-likeness (QED) is 0.907. The van der Waals surface area contributed by atoms with Gasteiger partial charge in [0.05, 0.1) is 0 Å². The fraction of sp³-hybridized carbons (Fsp3) is 0.778. The molecular weight excluding hydrogens is 276 g/mol. The van der Waals surface area contributed by atoms with Gasteiger partial charge in [0.1, 0.15) is 0 Å². The zero-order valence-electron chi connectivity index (χ0n) is 13.8. The minimum Gasteiger partial charge on any atom is -0.308 e. The molecule has 2 aliphatic rings. The fourth-order valence-corrected chi connectivity index (χ4v) is 5.11. The lowest BCUT2D eigenvalue weighted by molar-refractivity contribution is 0.0277. The molecule has 3 rings (SSSR count). The van der Waals surface area contributed by atoms with Gasteiger partial charge in [0.25, 0.3) is 0 Å². The number of nitrogens with zero attached hydrogens (tertiary/aromatic N) is 1. The molecule has 0 amide bonds. The Morgan fingerprint density at radius 3 is 2.71 bits per heavy atom.